The van der Waals surface area contributed by atoms with Gasteiger partial charge < -0.3 is 23.9 Å². The maximum atomic E-state index is 13.0. The Morgan fingerprint density at radius 1 is 1.26 bits per heavy atom. The van der Waals surface area contributed by atoms with Crippen molar-refractivity contribution >= 4 is 11.8 Å². The Morgan fingerprint density at radius 3 is 2.85 bits per heavy atom. The Hall–Kier alpha value is -3.46. The number of pyridine rings is 1. The number of rotatable bonds is 8. The van der Waals surface area contributed by atoms with Crippen LogP contribution in [0, 0.1) is 12.8 Å². The molecular weight excluding hydrogens is 436 g/mol. The highest BCUT2D eigenvalue weighted by molar-refractivity contribution is 5.92. The number of ether oxygens (including phenoxy) is 1. The van der Waals surface area contributed by atoms with Crippen LogP contribution in [0.4, 0.5) is 0 Å². The van der Waals surface area contributed by atoms with Crippen LogP contribution in [0.3, 0.4) is 0 Å². The van der Waals surface area contributed by atoms with Gasteiger partial charge in [0.1, 0.15) is 18.1 Å². The summed E-state index contributed by atoms with van der Waals surface area (Å²) in [4.78, 5) is 31.8. The zero-order valence-corrected chi connectivity index (χ0v) is 20.0. The van der Waals surface area contributed by atoms with Gasteiger partial charge in [0.25, 0.3) is 11.8 Å². The maximum absolute atomic E-state index is 13.0. The van der Waals surface area contributed by atoms with Crippen molar-refractivity contribution < 1.29 is 23.3 Å². The summed E-state index contributed by atoms with van der Waals surface area (Å²) in [7, 11) is 1.57. The predicted molar refractivity (Wildman–Crippen MR) is 123 cm³/mol. The van der Waals surface area contributed by atoms with Gasteiger partial charge in [0.15, 0.2) is 11.5 Å². The fourth-order valence-corrected chi connectivity index (χ4v) is 4.18. The van der Waals surface area contributed by atoms with Crippen LogP contribution in [0.1, 0.15) is 68.8 Å². The second kappa shape index (κ2) is 10.2. The number of nitrogens with zero attached hydrogens (tertiary/aromatic N) is 3. The number of aromatic nitrogens is 2. The molecule has 0 spiro atoms. The maximum Gasteiger partial charge on any atom is 0.287 e. The molecule has 9 nitrogen and oxygen atoms in total. The molecule has 1 aliphatic heterocycles. The molecule has 180 valence electrons. The van der Waals surface area contributed by atoms with Crippen LogP contribution in [0.25, 0.3) is 0 Å². The highest BCUT2D eigenvalue weighted by Crippen LogP contribution is 2.25. The number of amides is 2. The van der Waals surface area contributed by atoms with Crippen molar-refractivity contribution in [2.75, 3.05) is 13.7 Å². The number of carbonyl (C=O) groups excluding carboxylic acids is 2. The Morgan fingerprint density at radius 2 is 2.09 bits per heavy atom. The molecular formula is C25H30N4O5. The summed E-state index contributed by atoms with van der Waals surface area (Å²) >= 11 is 0. The fraction of sp³-hybridized carbons (Fsp3) is 0.440. The highest BCUT2D eigenvalue weighted by Gasteiger charge is 2.27. The van der Waals surface area contributed by atoms with E-state index in [4.69, 9.17) is 13.7 Å². The summed E-state index contributed by atoms with van der Waals surface area (Å²) in [5, 5.41) is 6.90. The van der Waals surface area contributed by atoms with Crippen molar-refractivity contribution in [2.24, 2.45) is 5.92 Å². The number of furan rings is 1. The molecule has 3 aromatic heterocycles. The predicted octanol–water partition coefficient (Wildman–Crippen LogP) is 3.44. The van der Waals surface area contributed by atoms with Crippen LogP contribution in [0.2, 0.25) is 0 Å². The lowest BCUT2D eigenvalue weighted by Gasteiger charge is -2.30. The van der Waals surface area contributed by atoms with Gasteiger partial charge in [-0.2, -0.15) is 0 Å². The normalized spacial score (nSPS) is 13.3. The van der Waals surface area contributed by atoms with Crippen LogP contribution >= 0.6 is 0 Å². The van der Waals surface area contributed by atoms with Crippen LogP contribution in [-0.4, -0.2) is 40.5 Å². The number of hydrogen-bond donors (Lipinski definition) is 1. The Bertz CT molecular complexity index is 1180. The monoisotopic (exact) mass is 466 g/mol. The SMILES string of the molecule is COCc1ccc(C(=O)NCc2c(C)ncc3c2CCN(C(=O)c2cc(CC(C)C)on2)C3)o1. The summed E-state index contributed by atoms with van der Waals surface area (Å²) < 4.78 is 15.9. The van der Waals surface area contributed by atoms with Crippen molar-refractivity contribution in [3.63, 3.8) is 0 Å². The summed E-state index contributed by atoms with van der Waals surface area (Å²) in [6.07, 6.45) is 3.23. The molecule has 0 aromatic carbocycles. The van der Waals surface area contributed by atoms with Gasteiger partial charge in [0.05, 0.1) is 0 Å². The van der Waals surface area contributed by atoms with E-state index in [1.54, 1.807) is 30.2 Å². The lowest BCUT2D eigenvalue weighted by Crippen LogP contribution is -2.37. The first-order valence-electron chi connectivity index (χ1n) is 11.4. The average Bonchev–Trinajstić information content (AvgIpc) is 3.47. The van der Waals surface area contributed by atoms with Crippen molar-refractivity contribution in [3.05, 3.63) is 69.8 Å². The van der Waals surface area contributed by atoms with Gasteiger partial charge in [-0.1, -0.05) is 19.0 Å². The van der Waals surface area contributed by atoms with E-state index in [0.717, 1.165) is 34.6 Å². The first-order chi connectivity index (χ1) is 16.4. The van der Waals surface area contributed by atoms with Crippen LogP contribution < -0.4 is 5.32 Å². The molecule has 3 aromatic rings. The molecule has 0 unspecified atom stereocenters. The van der Waals surface area contributed by atoms with Gasteiger partial charge in [-0.3, -0.25) is 14.6 Å². The van der Waals surface area contributed by atoms with Crippen molar-refractivity contribution in [1.82, 2.24) is 20.4 Å². The molecule has 1 aliphatic rings. The van der Waals surface area contributed by atoms with Gasteiger partial charge in [-0.15, -0.1) is 0 Å². The summed E-state index contributed by atoms with van der Waals surface area (Å²) in [5.74, 6) is 1.53. The van der Waals surface area contributed by atoms with E-state index in [1.165, 1.54) is 0 Å². The second-order valence-corrected chi connectivity index (χ2v) is 8.96. The number of nitrogens with one attached hydrogen (secondary N) is 1. The largest absolute Gasteiger partial charge is 0.453 e. The molecule has 0 atom stereocenters. The third-order valence-corrected chi connectivity index (χ3v) is 5.87. The topological polar surface area (TPSA) is 111 Å². The van der Waals surface area contributed by atoms with Crippen LogP contribution in [0.15, 0.2) is 33.3 Å². The lowest BCUT2D eigenvalue weighted by atomic mass is 9.94. The molecule has 0 fully saturated rings. The first kappa shape index (κ1) is 23.7. The second-order valence-electron chi connectivity index (χ2n) is 8.96. The van der Waals surface area contributed by atoms with E-state index < -0.39 is 0 Å². The lowest BCUT2D eigenvalue weighted by molar-refractivity contribution is 0.0723. The zero-order chi connectivity index (χ0) is 24.2. The number of fused-ring (bicyclic) bond motifs is 1. The van der Waals surface area contributed by atoms with Crippen molar-refractivity contribution in [1.29, 1.82) is 0 Å². The molecule has 4 heterocycles. The quantitative estimate of drug-likeness (QED) is 0.541. The minimum absolute atomic E-state index is 0.149. The average molecular weight is 467 g/mol. The van der Waals surface area contributed by atoms with Crippen LogP contribution in [0.5, 0.6) is 0 Å². The Balaban J connectivity index is 1.44. The van der Waals surface area contributed by atoms with Gasteiger partial charge in [-0.05, 0) is 48.1 Å². The molecule has 4 rings (SSSR count). The molecule has 0 bridgehead atoms. The third-order valence-electron chi connectivity index (χ3n) is 5.87. The van der Waals surface area contributed by atoms with Gasteiger partial charge in [0, 0.05) is 51.1 Å². The molecule has 0 aliphatic carbocycles. The number of methoxy groups -OCH3 is 1. The number of aryl methyl sites for hydroxylation is 1. The van der Waals surface area contributed by atoms with E-state index >= 15 is 0 Å². The minimum atomic E-state index is -0.296. The fourth-order valence-electron chi connectivity index (χ4n) is 4.18. The summed E-state index contributed by atoms with van der Waals surface area (Å²) in [6, 6.07) is 5.09. The first-order valence-corrected chi connectivity index (χ1v) is 11.4. The van der Waals surface area contributed by atoms with E-state index in [0.29, 0.717) is 50.0 Å². The molecule has 0 saturated heterocycles. The number of carbonyl (C=O) groups is 2. The minimum Gasteiger partial charge on any atom is -0.453 e. The van der Waals surface area contributed by atoms with Crippen molar-refractivity contribution in [2.45, 2.75) is 53.3 Å². The third kappa shape index (κ3) is 5.20. The molecule has 34 heavy (non-hydrogen) atoms. The smallest absolute Gasteiger partial charge is 0.287 e. The summed E-state index contributed by atoms with van der Waals surface area (Å²) in [5.41, 5.74) is 4.26. The molecule has 9 heteroatoms. The van der Waals surface area contributed by atoms with E-state index in [-0.39, 0.29) is 17.6 Å². The zero-order valence-electron chi connectivity index (χ0n) is 20.0. The van der Waals surface area contributed by atoms with Crippen LogP contribution in [-0.2, 0) is 37.3 Å². The van der Waals surface area contributed by atoms with E-state index in [1.807, 2.05) is 13.1 Å². The summed E-state index contributed by atoms with van der Waals surface area (Å²) in [6.45, 7) is 7.74. The molecule has 1 N–H and O–H groups in total. The van der Waals surface area contributed by atoms with Gasteiger partial charge in [0.2, 0.25) is 0 Å². The van der Waals surface area contributed by atoms with Gasteiger partial charge in [-0.25, -0.2) is 0 Å². The van der Waals surface area contributed by atoms with E-state index in [2.05, 4.69) is 29.3 Å². The Kier molecular flexibility index (Phi) is 7.12. The standard InChI is InChI=1S/C25H30N4O5/c1-15(2)9-19-10-22(28-34-19)25(31)29-8-7-20-17(13-29)11-26-16(3)21(20)12-27-24(30)23-6-5-18(33-23)14-32-4/h5-6,10-11,15H,7-9,12-14H2,1-4H3,(H,27,30). The molecule has 0 saturated carbocycles. The number of hydrogen-bond acceptors (Lipinski definition) is 7. The molecule has 2 amide bonds. The van der Waals surface area contributed by atoms with Crippen molar-refractivity contribution in [3.8, 4) is 0 Å². The molecule has 0 radical (unpaired) electrons. The Labute approximate surface area is 198 Å². The van der Waals surface area contributed by atoms with E-state index in [9.17, 15) is 9.59 Å². The van der Waals surface area contributed by atoms with Gasteiger partial charge >= 0.3 is 0 Å². The highest BCUT2D eigenvalue weighted by atomic mass is 16.5.